The van der Waals surface area contributed by atoms with Crippen LogP contribution in [0.2, 0.25) is 0 Å². The van der Waals surface area contributed by atoms with Crippen LogP contribution in [0.3, 0.4) is 0 Å². The van der Waals surface area contributed by atoms with Crippen LogP contribution in [-0.2, 0) is 12.8 Å². The summed E-state index contributed by atoms with van der Waals surface area (Å²) in [7, 11) is 0. The standard InChI is InChI=1S/C19H22/c1-19(2,3)18-16-10-6-4-8-14(16)12-13-15-9-5-7-11-17(15)18/h4-11,18H,12-13H2,1-3H3. The Hall–Kier alpha value is -1.56. The van der Waals surface area contributed by atoms with Gasteiger partial charge in [-0.15, -0.1) is 0 Å². The molecule has 0 heterocycles. The van der Waals surface area contributed by atoms with Gasteiger partial charge in [0.15, 0.2) is 0 Å². The molecule has 0 nitrogen and oxygen atoms in total. The molecule has 0 aliphatic heterocycles. The van der Waals surface area contributed by atoms with E-state index >= 15 is 0 Å². The molecule has 98 valence electrons. The predicted molar refractivity (Wildman–Crippen MR) is 81.6 cm³/mol. The van der Waals surface area contributed by atoms with Crippen LogP contribution in [0.5, 0.6) is 0 Å². The zero-order chi connectivity index (χ0) is 13.5. The van der Waals surface area contributed by atoms with Crippen LogP contribution >= 0.6 is 0 Å². The summed E-state index contributed by atoms with van der Waals surface area (Å²) in [5, 5.41) is 0. The minimum absolute atomic E-state index is 0.247. The lowest BCUT2D eigenvalue weighted by Gasteiger charge is -2.33. The van der Waals surface area contributed by atoms with E-state index in [1.807, 2.05) is 0 Å². The summed E-state index contributed by atoms with van der Waals surface area (Å²) in [6.07, 6.45) is 2.33. The quantitative estimate of drug-likeness (QED) is 0.619. The first-order chi connectivity index (χ1) is 9.07. The largest absolute Gasteiger partial charge is 0.0620 e. The summed E-state index contributed by atoms with van der Waals surface area (Å²) in [6, 6.07) is 18.0. The van der Waals surface area contributed by atoms with Crippen molar-refractivity contribution in [3.8, 4) is 0 Å². The highest BCUT2D eigenvalue weighted by Gasteiger charge is 2.32. The van der Waals surface area contributed by atoms with Gasteiger partial charge in [-0.25, -0.2) is 0 Å². The van der Waals surface area contributed by atoms with E-state index in [0.29, 0.717) is 5.92 Å². The summed E-state index contributed by atoms with van der Waals surface area (Å²) in [5.74, 6) is 0.502. The first kappa shape index (κ1) is 12.5. The topological polar surface area (TPSA) is 0 Å². The lowest BCUT2D eigenvalue weighted by molar-refractivity contribution is 0.357. The smallest absolute Gasteiger partial charge is 0.0143 e. The molecule has 0 fully saturated rings. The Morgan fingerprint density at radius 2 is 1.16 bits per heavy atom. The summed E-state index contributed by atoms with van der Waals surface area (Å²) in [6.45, 7) is 7.07. The fourth-order valence-corrected chi connectivity index (χ4v) is 3.46. The van der Waals surface area contributed by atoms with Crippen molar-refractivity contribution in [1.29, 1.82) is 0 Å². The molecule has 0 saturated carbocycles. The van der Waals surface area contributed by atoms with E-state index in [1.54, 1.807) is 0 Å². The van der Waals surface area contributed by atoms with E-state index in [-0.39, 0.29) is 5.41 Å². The van der Waals surface area contributed by atoms with Crippen LogP contribution in [0.25, 0.3) is 0 Å². The number of benzene rings is 2. The molecule has 0 saturated heterocycles. The highest BCUT2D eigenvalue weighted by molar-refractivity contribution is 5.46. The van der Waals surface area contributed by atoms with Crippen molar-refractivity contribution in [2.45, 2.75) is 39.5 Å². The maximum absolute atomic E-state index is 2.36. The van der Waals surface area contributed by atoms with E-state index in [1.165, 1.54) is 35.1 Å². The first-order valence-corrected chi connectivity index (χ1v) is 7.23. The average molecular weight is 250 g/mol. The molecule has 2 aromatic rings. The maximum Gasteiger partial charge on any atom is 0.0143 e. The molecular formula is C19H22. The molecular weight excluding hydrogens is 228 g/mol. The van der Waals surface area contributed by atoms with Gasteiger partial charge in [-0.05, 0) is 40.5 Å². The molecule has 0 heteroatoms. The molecule has 0 bridgehead atoms. The molecule has 3 rings (SSSR count). The van der Waals surface area contributed by atoms with Gasteiger partial charge in [-0.3, -0.25) is 0 Å². The highest BCUT2D eigenvalue weighted by Crippen LogP contribution is 2.44. The zero-order valence-corrected chi connectivity index (χ0v) is 12.1. The van der Waals surface area contributed by atoms with Crippen molar-refractivity contribution in [2.24, 2.45) is 5.41 Å². The molecule has 0 amide bonds. The van der Waals surface area contributed by atoms with E-state index in [4.69, 9.17) is 0 Å². The summed E-state index contributed by atoms with van der Waals surface area (Å²) >= 11 is 0. The second-order valence-corrected chi connectivity index (χ2v) is 6.70. The molecule has 1 aliphatic rings. The monoisotopic (exact) mass is 250 g/mol. The van der Waals surface area contributed by atoms with Crippen LogP contribution in [0.1, 0.15) is 48.9 Å². The fraction of sp³-hybridized carbons (Fsp3) is 0.368. The van der Waals surface area contributed by atoms with E-state index < -0.39 is 0 Å². The fourth-order valence-electron chi connectivity index (χ4n) is 3.46. The minimum Gasteiger partial charge on any atom is -0.0620 e. The Balaban J connectivity index is 2.25. The number of fused-ring (bicyclic) bond motifs is 2. The van der Waals surface area contributed by atoms with Gasteiger partial charge < -0.3 is 0 Å². The molecule has 1 aliphatic carbocycles. The number of hydrogen-bond acceptors (Lipinski definition) is 0. The zero-order valence-electron chi connectivity index (χ0n) is 12.1. The SMILES string of the molecule is CC(C)(C)C1c2ccccc2CCc2ccccc21. The maximum atomic E-state index is 2.36. The van der Waals surface area contributed by atoms with Gasteiger partial charge >= 0.3 is 0 Å². The van der Waals surface area contributed by atoms with Crippen molar-refractivity contribution < 1.29 is 0 Å². The van der Waals surface area contributed by atoms with Crippen LogP contribution in [0.15, 0.2) is 48.5 Å². The second-order valence-electron chi connectivity index (χ2n) is 6.70. The molecule has 0 N–H and O–H groups in total. The van der Waals surface area contributed by atoms with Gasteiger partial charge in [0.05, 0.1) is 0 Å². The molecule has 2 aromatic carbocycles. The van der Waals surface area contributed by atoms with E-state index in [0.717, 1.165) is 0 Å². The van der Waals surface area contributed by atoms with Gasteiger partial charge in [0.25, 0.3) is 0 Å². The molecule has 0 aromatic heterocycles. The van der Waals surface area contributed by atoms with Crippen molar-refractivity contribution in [1.82, 2.24) is 0 Å². The van der Waals surface area contributed by atoms with Crippen LogP contribution < -0.4 is 0 Å². The molecule has 19 heavy (non-hydrogen) atoms. The van der Waals surface area contributed by atoms with Crippen LogP contribution in [0.4, 0.5) is 0 Å². The van der Waals surface area contributed by atoms with Gasteiger partial charge in [-0.2, -0.15) is 0 Å². The Labute approximate surface area is 116 Å². The molecule has 0 unspecified atom stereocenters. The highest BCUT2D eigenvalue weighted by atomic mass is 14.4. The second kappa shape index (κ2) is 4.52. The van der Waals surface area contributed by atoms with Gasteiger partial charge in [0.1, 0.15) is 0 Å². The van der Waals surface area contributed by atoms with Gasteiger partial charge in [0.2, 0.25) is 0 Å². The Morgan fingerprint density at radius 1 is 0.737 bits per heavy atom. The van der Waals surface area contributed by atoms with Crippen molar-refractivity contribution in [2.75, 3.05) is 0 Å². The summed E-state index contributed by atoms with van der Waals surface area (Å²) < 4.78 is 0. The third-order valence-corrected chi connectivity index (χ3v) is 4.26. The Kier molecular flexibility index (Phi) is 2.97. The van der Waals surface area contributed by atoms with E-state index in [9.17, 15) is 0 Å². The lowest BCUT2D eigenvalue weighted by Crippen LogP contribution is -2.20. The summed E-state index contributed by atoms with van der Waals surface area (Å²) in [4.78, 5) is 0. The van der Waals surface area contributed by atoms with Gasteiger partial charge in [-0.1, -0.05) is 69.3 Å². The number of hydrogen-bond donors (Lipinski definition) is 0. The normalized spacial score (nSPS) is 15.5. The van der Waals surface area contributed by atoms with Crippen molar-refractivity contribution in [3.05, 3.63) is 70.8 Å². The van der Waals surface area contributed by atoms with Crippen molar-refractivity contribution in [3.63, 3.8) is 0 Å². The predicted octanol–water partition coefficient (Wildman–Crippen LogP) is 4.96. The Morgan fingerprint density at radius 3 is 1.58 bits per heavy atom. The third kappa shape index (κ3) is 2.20. The van der Waals surface area contributed by atoms with Crippen molar-refractivity contribution >= 4 is 0 Å². The Bertz CT molecular complexity index is 539. The minimum atomic E-state index is 0.247. The third-order valence-electron chi connectivity index (χ3n) is 4.26. The van der Waals surface area contributed by atoms with E-state index in [2.05, 4.69) is 69.3 Å². The van der Waals surface area contributed by atoms with Crippen LogP contribution in [-0.4, -0.2) is 0 Å². The lowest BCUT2D eigenvalue weighted by atomic mass is 9.71. The number of aryl methyl sites for hydroxylation is 2. The molecule has 0 atom stereocenters. The molecule has 0 spiro atoms. The number of rotatable bonds is 0. The summed E-state index contributed by atoms with van der Waals surface area (Å²) in [5.41, 5.74) is 6.36. The first-order valence-electron chi connectivity index (χ1n) is 7.23. The van der Waals surface area contributed by atoms with Crippen LogP contribution in [0, 0.1) is 5.41 Å². The average Bonchev–Trinajstić information content (AvgIpc) is 2.54. The molecule has 0 radical (unpaired) electrons. The van der Waals surface area contributed by atoms with Gasteiger partial charge in [0, 0.05) is 5.92 Å².